The third-order valence-corrected chi connectivity index (χ3v) is 5.85. The van der Waals surface area contributed by atoms with Crippen LogP contribution in [0.3, 0.4) is 0 Å². The van der Waals surface area contributed by atoms with Crippen molar-refractivity contribution < 1.29 is 23.8 Å². The number of ether oxygens (including phenoxy) is 3. The fourth-order valence-electron chi connectivity index (χ4n) is 4.15. The lowest BCUT2D eigenvalue weighted by molar-refractivity contribution is -0.128. The zero-order chi connectivity index (χ0) is 23.4. The summed E-state index contributed by atoms with van der Waals surface area (Å²) < 4.78 is 17.4. The molecule has 2 aliphatic rings. The van der Waals surface area contributed by atoms with Crippen LogP contribution in [0.1, 0.15) is 31.9 Å². The van der Waals surface area contributed by atoms with E-state index in [2.05, 4.69) is 24.5 Å². The van der Waals surface area contributed by atoms with E-state index in [9.17, 15) is 9.59 Å². The minimum Gasteiger partial charge on any atom is -0.490 e. The van der Waals surface area contributed by atoms with E-state index in [1.807, 2.05) is 47.4 Å². The van der Waals surface area contributed by atoms with Gasteiger partial charge in [0.1, 0.15) is 5.75 Å². The van der Waals surface area contributed by atoms with Gasteiger partial charge in [0.2, 0.25) is 5.91 Å². The second kappa shape index (κ2) is 10.0. The van der Waals surface area contributed by atoms with E-state index in [0.717, 1.165) is 23.4 Å². The second-order valence-electron chi connectivity index (χ2n) is 8.61. The quantitative estimate of drug-likeness (QED) is 0.699. The Morgan fingerprint density at radius 2 is 1.82 bits per heavy atom. The highest BCUT2D eigenvalue weighted by Gasteiger charge is 2.31. The number of rotatable bonds is 6. The zero-order valence-corrected chi connectivity index (χ0v) is 19.3. The van der Waals surface area contributed by atoms with Crippen LogP contribution in [0.25, 0.3) is 0 Å². The predicted octanol–water partition coefficient (Wildman–Crippen LogP) is 2.67. The Kier molecular flexibility index (Phi) is 6.91. The molecule has 0 saturated heterocycles. The Balaban J connectivity index is 1.50. The fraction of sp³-hybridized carbons (Fsp3) is 0.440. The number of nitrogens with one attached hydrogen (secondary N) is 2. The summed E-state index contributed by atoms with van der Waals surface area (Å²) >= 11 is 0. The molecule has 0 aliphatic carbocycles. The first-order chi connectivity index (χ1) is 16.0. The Morgan fingerprint density at radius 3 is 2.58 bits per heavy atom. The van der Waals surface area contributed by atoms with Crippen molar-refractivity contribution in [1.82, 2.24) is 10.6 Å². The lowest BCUT2D eigenvalue weighted by atomic mass is 9.95. The summed E-state index contributed by atoms with van der Waals surface area (Å²) in [6.45, 7) is 5.79. The number of likely N-dealkylation sites (N-methyl/N-ethyl adjacent to an activating group) is 1. The van der Waals surface area contributed by atoms with E-state index in [4.69, 9.17) is 14.2 Å². The highest BCUT2D eigenvalue weighted by molar-refractivity contribution is 5.86. The van der Waals surface area contributed by atoms with Crippen LogP contribution in [0.2, 0.25) is 0 Å². The zero-order valence-electron chi connectivity index (χ0n) is 19.3. The predicted molar refractivity (Wildman–Crippen MR) is 125 cm³/mol. The molecule has 176 valence electrons. The Hall–Kier alpha value is -3.42. The van der Waals surface area contributed by atoms with Crippen LogP contribution in [0.15, 0.2) is 42.5 Å². The van der Waals surface area contributed by atoms with Gasteiger partial charge in [-0.25, -0.2) is 0 Å². The Labute approximate surface area is 194 Å². The van der Waals surface area contributed by atoms with Crippen molar-refractivity contribution in [2.75, 3.05) is 38.3 Å². The van der Waals surface area contributed by atoms with Crippen LogP contribution in [-0.4, -0.2) is 51.3 Å². The fourth-order valence-corrected chi connectivity index (χ4v) is 4.15. The number of fused-ring (bicyclic) bond motifs is 2. The number of carbonyl (C=O) groups excluding carboxylic acids is 2. The highest BCUT2D eigenvalue weighted by atomic mass is 16.5. The van der Waals surface area contributed by atoms with Crippen molar-refractivity contribution in [3.63, 3.8) is 0 Å². The number of benzene rings is 2. The van der Waals surface area contributed by atoms with E-state index in [1.165, 1.54) is 0 Å². The van der Waals surface area contributed by atoms with E-state index in [1.54, 1.807) is 7.05 Å². The van der Waals surface area contributed by atoms with E-state index in [0.29, 0.717) is 31.3 Å². The molecule has 8 heteroatoms. The van der Waals surface area contributed by atoms with Crippen molar-refractivity contribution in [2.45, 2.75) is 32.4 Å². The van der Waals surface area contributed by atoms with Gasteiger partial charge in [-0.1, -0.05) is 32.0 Å². The van der Waals surface area contributed by atoms with E-state index < -0.39 is 6.10 Å². The number of carbonyl (C=O) groups is 2. The molecule has 4 rings (SSSR count). The molecule has 0 bridgehead atoms. The van der Waals surface area contributed by atoms with Gasteiger partial charge in [0.15, 0.2) is 17.6 Å². The van der Waals surface area contributed by atoms with Crippen molar-refractivity contribution in [3.05, 3.63) is 48.0 Å². The Morgan fingerprint density at radius 1 is 1.06 bits per heavy atom. The molecule has 0 unspecified atom stereocenters. The molecule has 2 aromatic rings. The van der Waals surface area contributed by atoms with Crippen molar-refractivity contribution in [3.8, 4) is 17.2 Å². The van der Waals surface area contributed by atoms with Crippen LogP contribution in [0.5, 0.6) is 17.2 Å². The van der Waals surface area contributed by atoms with Gasteiger partial charge in [0.05, 0.1) is 38.0 Å². The third kappa shape index (κ3) is 5.16. The number of nitrogens with zero attached hydrogens (tertiary/aromatic N) is 1. The maximum absolute atomic E-state index is 13.1. The second-order valence-corrected chi connectivity index (χ2v) is 8.61. The molecular formula is C25H31N3O5. The first-order valence-corrected chi connectivity index (χ1v) is 11.4. The maximum Gasteiger partial charge on any atom is 0.262 e. The third-order valence-electron chi connectivity index (χ3n) is 5.85. The molecule has 2 heterocycles. The minimum atomic E-state index is -0.680. The minimum absolute atomic E-state index is 0.113. The summed E-state index contributed by atoms with van der Waals surface area (Å²) in [7, 11) is 1.58. The van der Waals surface area contributed by atoms with Crippen LogP contribution in [0.4, 0.5) is 5.69 Å². The monoisotopic (exact) mass is 453 g/mol. The molecule has 2 aromatic carbocycles. The van der Waals surface area contributed by atoms with E-state index in [-0.39, 0.29) is 30.3 Å². The molecule has 0 spiro atoms. The number of para-hydroxylation sites is 2. The molecule has 0 fully saturated rings. The molecule has 2 aliphatic heterocycles. The number of anilines is 1. The average Bonchev–Trinajstić information content (AvgIpc) is 3.06. The summed E-state index contributed by atoms with van der Waals surface area (Å²) in [6.07, 6.45) is 0.159. The highest BCUT2D eigenvalue weighted by Crippen LogP contribution is 2.35. The molecule has 0 radical (unpaired) electrons. The summed E-state index contributed by atoms with van der Waals surface area (Å²) in [6, 6.07) is 13.1. The van der Waals surface area contributed by atoms with Gasteiger partial charge in [0, 0.05) is 13.5 Å². The van der Waals surface area contributed by atoms with Gasteiger partial charge >= 0.3 is 0 Å². The Bertz CT molecular complexity index is 1010. The standard InChI is InChI=1S/C25H31N3O5/c1-16(2)24(17-9-10-20-21(13-17)32-12-6-11-31-20)27-23(29)15-28-14-22(25(30)26-3)33-19-8-5-4-7-18(19)28/h4-5,7-10,13,16,22,24H,6,11-12,14-15H2,1-3H3,(H,26,30)(H,27,29)/t22-,24+/m1/s1. The summed E-state index contributed by atoms with van der Waals surface area (Å²) in [5.74, 6) is 1.84. The number of hydrogen-bond donors (Lipinski definition) is 2. The normalized spacial score (nSPS) is 17.9. The molecular weight excluding hydrogens is 422 g/mol. The summed E-state index contributed by atoms with van der Waals surface area (Å²) in [4.78, 5) is 27.3. The smallest absolute Gasteiger partial charge is 0.262 e. The number of hydrogen-bond acceptors (Lipinski definition) is 6. The van der Waals surface area contributed by atoms with Crippen molar-refractivity contribution >= 4 is 17.5 Å². The average molecular weight is 454 g/mol. The van der Waals surface area contributed by atoms with Gasteiger partial charge in [-0.3, -0.25) is 9.59 Å². The van der Waals surface area contributed by atoms with Gasteiger partial charge in [0.25, 0.3) is 5.91 Å². The van der Waals surface area contributed by atoms with Gasteiger partial charge < -0.3 is 29.7 Å². The number of amides is 2. The largest absolute Gasteiger partial charge is 0.490 e. The first-order valence-electron chi connectivity index (χ1n) is 11.4. The maximum atomic E-state index is 13.1. The van der Waals surface area contributed by atoms with Crippen LogP contribution in [-0.2, 0) is 9.59 Å². The molecule has 33 heavy (non-hydrogen) atoms. The van der Waals surface area contributed by atoms with Crippen LogP contribution < -0.4 is 29.7 Å². The molecule has 8 nitrogen and oxygen atoms in total. The van der Waals surface area contributed by atoms with Crippen molar-refractivity contribution in [2.24, 2.45) is 5.92 Å². The molecule has 2 N–H and O–H groups in total. The van der Waals surface area contributed by atoms with Crippen LogP contribution >= 0.6 is 0 Å². The van der Waals surface area contributed by atoms with Gasteiger partial charge in [-0.15, -0.1) is 0 Å². The molecule has 2 atom stereocenters. The lowest BCUT2D eigenvalue weighted by Gasteiger charge is -2.35. The topological polar surface area (TPSA) is 89.1 Å². The van der Waals surface area contributed by atoms with Crippen molar-refractivity contribution in [1.29, 1.82) is 0 Å². The molecule has 0 aromatic heterocycles. The SMILES string of the molecule is CNC(=O)[C@H]1CN(CC(=O)N[C@H](c2ccc3c(c2)OCCCO3)C(C)C)c2ccccc2O1. The van der Waals surface area contributed by atoms with Crippen LogP contribution in [0, 0.1) is 5.92 Å². The van der Waals surface area contributed by atoms with Gasteiger partial charge in [-0.2, -0.15) is 0 Å². The van der Waals surface area contributed by atoms with E-state index >= 15 is 0 Å². The first kappa shape index (κ1) is 22.8. The summed E-state index contributed by atoms with van der Waals surface area (Å²) in [5, 5.41) is 5.80. The van der Waals surface area contributed by atoms with Gasteiger partial charge in [-0.05, 0) is 35.7 Å². The summed E-state index contributed by atoms with van der Waals surface area (Å²) in [5.41, 5.74) is 1.76. The molecule has 0 saturated carbocycles. The molecule has 2 amide bonds. The lowest BCUT2D eigenvalue weighted by Crippen LogP contribution is -2.51.